The molecule has 0 atom stereocenters. The van der Waals surface area contributed by atoms with Crippen LogP contribution in [0.1, 0.15) is 16.2 Å². The third kappa shape index (κ3) is 3.53. The molecule has 24 heavy (non-hydrogen) atoms. The third-order valence-electron chi connectivity index (χ3n) is 3.80. The molecule has 2 heterocycles. The number of aromatic nitrogens is 1. The van der Waals surface area contributed by atoms with E-state index >= 15 is 0 Å². The second kappa shape index (κ2) is 6.69. The molecule has 7 nitrogen and oxygen atoms in total. The van der Waals surface area contributed by atoms with Gasteiger partial charge in [-0.15, -0.1) is 0 Å². The average molecular weight is 332 g/mol. The van der Waals surface area contributed by atoms with Gasteiger partial charge < -0.3 is 19.6 Å². The number of amides is 3. The number of piperazine rings is 1. The Kier molecular flexibility index (Phi) is 4.45. The van der Waals surface area contributed by atoms with E-state index in [1.165, 1.54) is 24.3 Å². The molecule has 0 saturated carbocycles. The van der Waals surface area contributed by atoms with E-state index in [2.05, 4.69) is 10.5 Å². The van der Waals surface area contributed by atoms with Crippen molar-refractivity contribution in [3.63, 3.8) is 0 Å². The number of aryl methyl sites for hydroxylation is 1. The SMILES string of the molecule is Cc1cc(C(=O)N2CCN(C(=O)Nc3ccc(F)cc3)CC2)no1. The molecular formula is C16H17FN4O3. The molecule has 3 amide bonds. The van der Waals surface area contributed by atoms with Crippen LogP contribution in [0.4, 0.5) is 14.9 Å². The molecule has 126 valence electrons. The minimum Gasteiger partial charge on any atom is -0.361 e. The van der Waals surface area contributed by atoms with Crippen molar-refractivity contribution in [3.05, 3.63) is 47.6 Å². The number of halogens is 1. The Morgan fingerprint density at radius 1 is 1.12 bits per heavy atom. The van der Waals surface area contributed by atoms with Crippen LogP contribution in [0.25, 0.3) is 0 Å². The van der Waals surface area contributed by atoms with Gasteiger partial charge in [0.05, 0.1) is 0 Å². The molecule has 2 aromatic rings. The molecule has 1 N–H and O–H groups in total. The second-order valence-corrected chi connectivity index (χ2v) is 5.54. The number of urea groups is 1. The summed E-state index contributed by atoms with van der Waals surface area (Å²) < 4.78 is 17.8. The van der Waals surface area contributed by atoms with Crippen molar-refractivity contribution in [1.82, 2.24) is 15.0 Å². The first-order chi connectivity index (χ1) is 11.5. The van der Waals surface area contributed by atoms with Crippen molar-refractivity contribution in [1.29, 1.82) is 0 Å². The van der Waals surface area contributed by atoms with E-state index in [0.29, 0.717) is 37.6 Å². The zero-order chi connectivity index (χ0) is 17.1. The number of hydrogen-bond donors (Lipinski definition) is 1. The number of carbonyl (C=O) groups excluding carboxylic acids is 2. The molecule has 0 unspecified atom stereocenters. The summed E-state index contributed by atoms with van der Waals surface area (Å²) in [6, 6.07) is 6.89. The van der Waals surface area contributed by atoms with Gasteiger partial charge in [-0.05, 0) is 31.2 Å². The van der Waals surface area contributed by atoms with E-state index < -0.39 is 0 Å². The fraction of sp³-hybridized carbons (Fsp3) is 0.312. The Bertz CT molecular complexity index is 736. The molecule has 1 aliphatic rings. The number of rotatable bonds is 2. The van der Waals surface area contributed by atoms with Crippen LogP contribution < -0.4 is 5.32 Å². The standard InChI is InChI=1S/C16H17FN4O3/c1-11-10-14(19-24-11)15(22)20-6-8-21(9-7-20)16(23)18-13-4-2-12(17)3-5-13/h2-5,10H,6-9H2,1H3,(H,18,23). The molecule has 1 aromatic heterocycles. The van der Waals surface area contributed by atoms with Crippen LogP contribution in [0.2, 0.25) is 0 Å². The summed E-state index contributed by atoms with van der Waals surface area (Å²) in [5.74, 6) is 0.0179. The number of nitrogens with zero attached hydrogens (tertiary/aromatic N) is 3. The molecule has 1 aromatic carbocycles. The zero-order valence-electron chi connectivity index (χ0n) is 13.2. The summed E-state index contributed by atoms with van der Waals surface area (Å²) in [6.07, 6.45) is 0. The van der Waals surface area contributed by atoms with Crippen molar-refractivity contribution < 1.29 is 18.5 Å². The molecule has 1 aliphatic heterocycles. The van der Waals surface area contributed by atoms with Gasteiger partial charge in [-0.2, -0.15) is 0 Å². The smallest absolute Gasteiger partial charge is 0.321 e. The van der Waals surface area contributed by atoms with Crippen LogP contribution in [-0.2, 0) is 0 Å². The van der Waals surface area contributed by atoms with Crippen molar-refractivity contribution in [2.24, 2.45) is 0 Å². The lowest BCUT2D eigenvalue weighted by Crippen LogP contribution is -2.51. The quantitative estimate of drug-likeness (QED) is 0.913. The van der Waals surface area contributed by atoms with Gasteiger partial charge >= 0.3 is 6.03 Å². The van der Waals surface area contributed by atoms with Crippen LogP contribution in [0.3, 0.4) is 0 Å². The monoisotopic (exact) mass is 332 g/mol. The predicted octanol–water partition coefficient (Wildman–Crippen LogP) is 2.11. The van der Waals surface area contributed by atoms with E-state index in [1.54, 1.807) is 22.8 Å². The summed E-state index contributed by atoms with van der Waals surface area (Å²) in [6.45, 7) is 3.38. The molecule has 0 bridgehead atoms. The molecule has 1 saturated heterocycles. The van der Waals surface area contributed by atoms with E-state index in [-0.39, 0.29) is 23.4 Å². The van der Waals surface area contributed by atoms with Crippen LogP contribution >= 0.6 is 0 Å². The van der Waals surface area contributed by atoms with Crippen molar-refractivity contribution >= 4 is 17.6 Å². The van der Waals surface area contributed by atoms with Gasteiger partial charge in [0.15, 0.2) is 5.69 Å². The Morgan fingerprint density at radius 2 is 1.75 bits per heavy atom. The van der Waals surface area contributed by atoms with Crippen LogP contribution in [-0.4, -0.2) is 53.1 Å². The van der Waals surface area contributed by atoms with Gasteiger partial charge in [0.1, 0.15) is 11.6 Å². The van der Waals surface area contributed by atoms with Crippen molar-refractivity contribution in [2.75, 3.05) is 31.5 Å². The minimum atomic E-state index is -0.358. The van der Waals surface area contributed by atoms with Crippen LogP contribution in [0.15, 0.2) is 34.9 Å². The predicted molar refractivity (Wildman–Crippen MR) is 84.1 cm³/mol. The highest BCUT2D eigenvalue weighted by atomic mass is 19.1. The van der Waals surface area contributed by atoms with Gasteiger partial charge in [0.25, 0.3) is 5.91 Å². The first-order valence-corrected chi connectivity index (χ1v) is 7.57. The van der Waals surface area contributed by atoms with Gasteiger partial charge in [0.2, 0.25) is 0 Å². The normalized spacial score (nSPS) is 14.6. The molecular weight excluding hydrogens is 315 g/mol. The van der Waals surface area contributed by atoms with E-state index in [4.69, 9.17) is 4.52 Å². The fourth-order valence-electron chi connectivity index (χ4n) is 2.48. The fourth-order valence-corrected chi connectivity index (χ4v) is 2.48. The maximum Gasteiger partial charge on any atom is 0.321 e. The number of nitrogens with one attached hydrogen (secondary N) is 1. The van der Waals surface area contributed by atoms with Gasteiger partial charge in [-0.3, -0.25) is 4.79 Å². The Balaban J connectivity index is 1.53. The zero-order valence-corrected chi connectivity index (χ0v) is 13.2. The Morgan fingerprint density at radius 3 is 2.33 bits per heavy atom. The molecule has 1 fully saturated rings. The summed E-state index contributed by atoms with van der Waals surface area (Å²) in [4.78, 5) is 27.7. The summed E-state index contributed by atoms with van der Waals surface area (Å²) in [5.41, 5.74) is 0.801. The molecule has 0 radical (unpaired) electrons. The highest BCUT2D eigenvalue weighted by molar-refractivity contribution is 5.93. The Labute approximate surface area is 138 Å². The summed E-state index contributed by atoms with van der Waals surface area (Å²) in [5, 5.41) is 6.43. The van der Waals surface area contributed by atoms with E-state index in [9.17, 15) is 14.0 Å². The number of hydrogen-bond acceptors (Lipinski definition) is 4. The maximum absolute atomic E-state index is 12.9. The highest BCUT2D eigenvalue weighted by Crippen LogP contribution is 2.12. The first-order valence-electron chi connectivity index (χ1n) is 7.57. The minimum absolute atomic E-state index is 0.203. The lowest BCUT2D eigenvalue weighted by molar-refractivity contribution is 0.0661. The van der Waals surface area contributed by atoms with Gasteiger partial charge in [-0.25, -0.2) is 9.18 Å². The van der Waals surface area contributed by atoms with Gasteiger partial charge in [-0.1, -0.05) is 5.16 Å². The molecule has 8 heteroatoms. The number of anilines is 1. The lowest BCUT2D eigenvalue weighted by atomic mass is 10.2. The van der Waals surface area contributed by atoms with Crippen molar-refractivity contribution in [2.45, 2.75) is 6.92 Å². The van der Waals surface area contributed by atoms with Crippen LogP contribution in [0, 0.1) is 12.7 Å². The third-order valence-corrected chi connectivity index (χ3v) is 3.80. The Hall–Kier alpha value is -2.90. The van der Waals surface area contributed by atoms with Crippen molar-refractivity contribution in [3.8, 4) is 0 Å². The van der Waals surface area contributed by atoms with E-state index in [0.717, 1.165) is 0 Å². The molecule has 3 rings (SSSR count). The molecule has 0 spiro atoms. The van der Waals surface area contributed by atoms with Crippen LogP contribution in [0.5, 0.6) is 0 Å². The van der Waals surface area contributed by atoms with Gasteiger partial charge in [0, 0.05) is 37.9 Å². The number of benzene rings is 1. The first kappa shape index (κ1) is 16.0. The largest absolute Gasteiger partial charge is 0.361 e. The highest BCUT2D eigenvalue weighted by Gasteiger charge is 2.26. The average Bonchev–Trinajstić information content (AvgIpc) is 3.03. The summed E-state index contributed by atoms with van der Waals surface area (Å²) >= 11 is 0. The lowest BCUT2D eigenvalue weighted by Gasteiger charge is -2.34. The number of carbonyl (C=O) groups is 2. The molecule has 0 aliphatic carbocycles. The maximum atomic E-state index is 12.9. The second-order valence-electron chi connectivity index (χ2n) is 5.54. The van der Waals surface area contributed by atoms with E-state index in [1.807, 2.05) is 0 Å². The summed E-state index contributed by atoms with van der Waals surface area (Å²) in [7, 11) is 0. The topological polar surface area (TPSA) is 78.7 Å².